The van der Waals surface area contributed by atoms with Gasteiger partial charge in [-0.1, -0.05) is 11.6 Å². The van der Waals surface area contributed by atoms with Gasteiger partial charge in [-0.2, -0.15) is 5.10 Å². The summed E-state index contributed by atoms with van der Waals surface area (Å²) in [6.07, 6.45) is 3.51. The van der Waals surface area contributed by atoms with Crippen LogP contribution in [0.4, 0.5) is 0 Å². The molecule has 1 aliphatic rings. The van der Waals surface area contributed by atoms with E-state index < -0.39 is 0 Å². The molecular weight excluding hydrogens is 388 g/mol. The van der Waals surface area contributed by atoms with Gasteiger partial charge >= 0.3 is 0 Å². The third-order valence-electron chi connectivity index (χ3n) is 5.38. The standard InChI is InChI=1S/C22H25ClN4O2/c1-15(2)26-11-9-17(10-12-26)24-22(28)19-14-20(21-4-3-13-29-21)27(25-19)18-7-5-16(23)6-8-18/h3-8,13-15,17H,9-12H2,1-2H3,(H,24,28). The lowest BCUT2D eigenvalue weighted by Gasteiger charge is -2.34. The maximum absolute atomic E-state index is 12.9. The number of hydrogen-bond acceptors (Lipinski definition) is 4. The maximum atomic E-state index is 12.9. The monoisotopic (exact) mass is 412 g/mol. The Hall–Kier alpha value is -2.57. The lowest BCUT2D eigenvalue weighted by atomic mass is 10.0. The number of aromatic nitrogens is 2. The fourth-order valence-electron chi connectivity index (χ4n) is 3.69. The molecule has 1 aromatic carbocycles. The Balaban J connectivity index is 1.55. The molecule has 1 fully saturated rings. The van der Waals surface area contributed by atoms with E-state index >= 15 is 0 Å². The minimum absolute atomic E-state index is 0.159. The zero-order valence-corrected chi connectivity index (χ0v) is 17.4. The minimum Gasteiger partial charge on any atom is -0.463 e. The highest BCUT2D eigenvalue weighted by Gasteiger charge is 2.24. The molecule has 3 heterocycles. The predicted molar refractivity (Wildman–Crippen MR) is 113 cm³/mol. The number of rotatable bonds is 5. The average molecular weight is 413 g/mol. The molecule has 0 aliphatic carbocycles. The van der Waals surface area contributed by atoms with Crippen LogP contribution in [-0.2, 0) is 0 Å². The number of likely N-dealkylation sites (tertiary alicyclic amines) is 1. The van der Waals surface area contributed by atoms with E-state index in [-0.39, 0.29) is 11.9 Å². The molecule has 29 heavy (non-hydrogen) atoms. The van der Waals surface area contributed by atoms with E-state index in [4.69, 9.17) is 16.0 Å². The summed E-state index contributed by atoms with van der Waals surface area (Å²) in [5, 5.41) is 8.36. The first-order chi connectivity index (χ1) is 14.0. The van der Waals surface area contributed by atoms with Crippen LogP contribution in [0.25, 0.3) is 17.1 Å². The smallest absolute Gasteiger partial charge is 0.272 e. The van der Waals surface area contributed by atoms with Gasteiger partial charge in [0.25, 0.3) is 5.91 Å². The van der Waals surface area contributed by atoms with Crippen LogP contribution in [0.3, 0.4) is 0 Å². The van der Waals surface area contributed by atoms with Crippen LogP contribution in [0, 0.1) is 0 Å². The highest BCUT2D eigenvalue weighted by atomic mass is 35.5. The highest BCUT2D eigenvalue weighted by Crippen LogP contribution is 2.25. The second-order valence-electron chi connectivity index (χ2n) is 7.66. The molecule has 1 N–H and O–H groups in total. The number of benzene rings is 1. The van der Waals surface area contributed by atoms with Gasteiger partial charge in [0, 0.05) is 36.3 Å². The van der Waals surface area contributed by atoms with Crippen molar-refractivity contribution >= 4 is 17.5 Å². The number of hydrogen-bond donors (Lipinski definition) is 1. The van der Waals surface area contributed by atoms with Gasteiger partial charge in [-0.3, -0.25) is 4.79 Å². The van der Waals surface area contributed by atoms with Crippen LogP contribution in [0.2, 0.25) is 5.02 Å². The van der Waals surface area contributed by atoms with Crippen LogP contribution in [-0.4, -0.2) is 45.8 Å². The summed E-state index contributed by atoms with van der Waals surface area (Å²) >= 11 is 6.02. The van der Waals surface area contributed by atoms with Gasteiger partial charge in [-0.25, -0.2) is 4.68 Å². The normalized spacial score (nSPS) is 15.7. The number of amides is 1. The molecule has 0 atom stereocenters. The van der Waals surface area contributed by atoms with E-state index in [0.29, 0.717) is 22.5 Å². The lowest BCUT2D eigenvalue weighted by Crippen LogP contribution is -2.46. The zero-order valence-electron chi connectivity index (χ0n) is 16.6. The Morgan fingerprint density at radius 3 is 2.55 bits per heavy atom. The molecule has 2 aromatic heterocycles. The number of furan rings is 1. The Morgan fingerprint density at radius 2 is 1.93 bits per heavy atom. The maximum Gasteiger partial charge on any atom is 0.272 e. The van der Waals surface area contributed by atoms with E-state index in [1.807, 2.05) is 24.3 Å². The van der Waals surface area contributed by atoms with Crippen LogP contribution >= 0.6 is 11.6 Å². The van der Waals surface area contributed by atoms with Crippen LogP contribution < -0.4 is 5.32 Å². The molecule has 1 amide bonds. The van der Waals surface area contributed by atoms with Crippen molar-refractivity contribution in [2.45, 2.75) is 38.8 Å². The zero-order chi connectivity index (χ0) is 20.4. The Kier molecular flexibility index (Phi) is 5.74. The molecule has 0 radical (unpaired) electrons. The van der Waals surface area contributed by atoms with Crippen molar-refractivity contribution in [1.82, 2.24) is 20.0 Å². The SMILES string of the molecule is CC(C)N1CCC(NC(=O)c2cc(-c3ccco3)n(-c3ccc(Cl)cc3)n2)CC1. The van der Waals surface area contributed by atoms with Gasteiger partial charge in [0.1, 0.15) is 5.69 Å². The minimum atomic E-state index is -0.159. The first kappa shape index (κ1) is 19.7. The summed E-state index contributed by atoms with van der Waals surface area (Å²) in [5.74, 6) is 0.491. The highest BCUT2D eigenvalue weighted by molar-refractivity contribution is 6.30. The second-order valence-corrected chi connectivity index (χ2v) is 8.09. The van der Waals surface area contributed by atoms with E-state index in [2.05, 4.69) is 29.2 Å². The third kappa shape index (κ3) is 4.38. The van der Waals surface area contributed by atoms with E-state index in [9.17, 15) is 4.79 Å². The van der Waals surface area contributed by atoms with Crippen LogP contribution in [0.1, 0.15) is 37.2 Å². The number of carbonyl (C=O) groups is 1. The largest absolute Gasteiger partial charge is 0.463 e. The fourth-order valence-corrected chi connectivity index (χ4v) is 3.82. The van der Waals surface area contributed by atoms with Gasteiger partial charge in [-0.05, 0) is 63.1 Å². The molecule has 0 saturated carbocycles. The van der Waals surface area contributed by atoms with E-state index in [1.54, 1.807) is 29.1 Å². The molecule has 0 spiro atoms. The summed E-state index contributed by atoms with van der Waals surface area (Å²) in [6, 6.07) is 13.5. The molecular formula is C22H25ClN4O2. The van der Waals surface area contributed by atoms with Gasteiger partial charge < -0.3 is 14.6 Å². The Bertz CT molecular complexity index is 955. The molecule has 0 unspecified atom stereocenters. The van der Waals surface area contributed by atoms with E-state index in [1.165, 1.54) is 0 Å². The van der Waals surface area contributed by atoms with Crippen molar-refractivity contribution in [2.24, 2.45) is 0 Å². The number of piperidine rings is 1. The molecule has 4 rings (SSSR count). The summed E-state index contributed by atoms with van der Waals surface area (Å²) in [6.45, 7) is 6.41. The fraction of sp³-hybridized carbons (Fsp3) is 0.364. The number of nitrogens with zero attached hydrogens (tertiary/aromatic N) is 3. The third-order valence-corrected chi connectivity index (χ3v) is 5.63. The predicted octanol–water partition coefficient (Wildman–Crippen LogP) is 4.39. The van der Waals surface area contributed by atoms with Crippen molar-refractivity contribution < 1.29 is 9.21 Å². The molecule has 6 nitrogen and oxygen atoms in total. The molecule has 1 saturated heterocycles. The lowest BCUT2D eigenvalue weighted by molar-refractivity contribution is 0.0895. The van der Waals surface area contributed by atoms with Crippen molar-refractivity contribution in [3.8, 4) is 17.1 Å². The summed E-state index contributed by atoms with van der Waals surface area (Å²) in [4.78, 5) is 15.3. The van der Waals surface area contributed by atoms with Crippen molar-refractivity contribution in [3.63, 3.8) is 0 Å². The number of nitrogens with one attached hydrogen (secondary N) is 1. The van der Waals surface area contributed by atoms with E-state index in [0.717, 1.165) is 37.3 Å². The first-order valence-corrected chi connectivity index (χ1v) is 10.3. The topological polar surface area (TPSA) is 63.3 Å². The van der Waals surface area contributed by atoms with Crippen LogP contribution in [0.15, 0.2) is 53.1 Å². The van der Waals surface area contributed by atoms with Crippen molar-refractivity contribution in [2.75, 3.05) is 13.1 Å². The average Bonchev–Trinajstić information content (AvgIpc) is 3.39. The van der Waals surface area contributed by atoms with Gasteiger partial charge in [0.2, 0.25) is 0 Å². The van der Waals surface area contributed by atoms with Gasteiger partial charge in [-0.15, -0.1) is 0 Å². The summed E-state index contributed by atoms with van der Waals surface area (Å²) < 4.78 is 7.27. The van der Waals surface area contributed by atoms with Gasteiger partial charge in [0.15, 0.2) is 11.5 Å². The van der Waals surface area contributed by atoms with Crippen LogP contribution in [0.5, 0.6) is 0 Å². The van der Waals surface area contributed by atoms with Crippen molar-refractivity contribution in [3.05, 3.63) is 59.4 Å². The summed E-state index contributed by atoms with van der Waals surface area (Å²) in [7, 11) is 0. The first-order valence-electron chi connectivity index (χ1n) is 9.96. The van der Waals surface area contributed by atoms with Crippen molar-refractivity contribution in [1.29, 1.82) is 0 Å². The second kappa shape index (κ2) is 8.43. The number of halogens is 1. The summed E-state index contributed by atoms with van der Waals surface area (Å²) in [5.41, 5.74) is 1.90. The Morgan fingerprint density at radius 1 is 1.21 bits per heavy atom. The molecule has 1 aliphatic heterocycles. The molecule has 3 aromatic rings. The Labute approximate surface area is 175 Å². The molecule has 152 valence electrons. The molecule has 7 heteroatoms. The number of carbonyl (C=O) groups excluding carboxylic acids is 1. The van der Waals surface area contributed by atoms with Gasteiger partial charge in [0.05, 0.1) is 12.0 Å². The molecule has 0 bridgehead atoms. The quantitative estimate of drug-likeness (QED) is 0.675.